The van der Waals surface area contributed by atoms with Gasteiger partial charge in [0, 0.05) is 13.1 Å². The molecule has 0 radical (unpaired) electrons. The third kappa shape index (κ3) is 4.39. The molecular weight excluding hydrogens is 228 g/mol. The van der Waals surface area contributed by atoms with E-state index in [2.05, 4.69) is 48.3 Å². The second kappa shape index (κ2) is 6.42. The smallest absolute Gasteiger partial charge is 0.204 e. The van der Waals surface area contributed by atoms with Gasteiger partial charge < -0.3 is 15.4 Å². The van der Waals surface area contributed by atoms with Crippen LogP contribution in [0, 0.1) is 5.41 Å². The van der Waals surface area contributed by atoms with E-state index in [9.17, 15) is 0 Å². The minimum Gasteiger partial charge on any atom is -0.490 e. The number of nitrogens with one attached hydrogen (secondary N) is 2. The van der Waals surface area contributed by atoms with E-state index in [-0.39, 0.29) is 5.41 Å². The van der Waals surface area contributed by atoms with Gasteiger partial charge in [0.15, 0.2) is 11.6 Å². The van der Waals surface area contributed by atoms with Gasteiger partial charge in [0.05, 0.1) is 7.11 Å². The summed E-state index contributed by atoms with van der Waals surface area (Å²) in [7, 11) is 1.64. The van der Waals surface area contributed by atoms with Crippen LogP contribution in [0.5, 0.6) is 5.75 Å². The third-order valence-electron chi connectivity index (χ3n) is 2.34. The van der Waals surface area contributed by atoms with Crippen LogP contribution < -0.4 is 15.4 Å². The molecule has 0 aromatic carbocycles. The Kier molecular flexibility index (Phi) is 5.19. The van der Waals surface area contributed by atoms with E-state index in [1.165, 1.54) is 0 Å². The number of hydrogen-bond acceptors (Lipinski definition) is 5. The van der Waals surface area contributed by atoms with Crippen LogP contribution in [0.4, 0.5) is 11.6 Å². The van der Waals surface area contributed by atoms with Crippen LogP contribution >= 0.6 is 0 Å². The van der Waals surface area contributed by atoms with Crippen molar-refractivity contribution in [2.24, 2.45) is 5.41 Å². The zero-order valence-corrected chi connectivity index (χ0v) is 12.0. The van der Waals surface area contributed by atoms with Gasteiger partial charge in [-0.15, -0.1) is 0 Å². The van der Waals surface area contributed by atoms with E-state index in [1.807, 2.05) is 0 Å². The average molecular weight is 252 g/mol. The van der Waals surface area contributed by atoms with E-state index < -0.39 is 0 Å². The summed E-state index contributed by atoms with van der Waals surface area (Å²) in [6.07, 6.45) is 2.59. The lowest BCUT2D eigenvalue weighted by molar-refractivity contribution is 0.410. The lowest BCUT2D eigenvalue weighted by atomic mass is 9.97. The van der Waals surface area contributed by atoms with E-state index in [0.717, 1.165) is 31.1 Å². The zero-order valence-electron chi connectivity index (χ0n) is 12.0. The second-order valence-corrected chi connectivity index (χ2v) is 5.45. The predicted molar refractivity (Wildman–Crippen MR) is 75.3 cm³/mol. The summed E-state index contributed by atoms with van der Waals surface area (Å²) in [5.41, 5.74) is 0.187. The predicted octanol–water partition coefficient (Wildman–Crippen LogP) is 2.77. The first-order valence-corrected chi connectivity index (χ1v) is 6.34. The molecule has 1 aromatic rings. The van der Waals surface area contributed by atoms with E-state index in [1.54, 1.807) is 13.4 Å². The highest BCUT2D eigenvalue weighted by Crippen LogP contribution is 2.29. The average Bonchev–Trinajstić information content (AvgIpc) is 2.32. The van der Waals surface area contributed by atoms with Crippen LogP contribution in [0.3, 0.4) is 0 Å². The van der Waals surface area contributed by atoms with Gasteiger partial charge in [0.1, 0.15) is 6.33 Å². The molecule has 0 spiro atoms. The van der Waals surface area contributed by atoms with Gasteiger partial charge in [-0.1, -0.05) is 27.7 Å². The Balaban J connectivity index is 2.83. The first-order chi connectivity index (χ1) is 8.48. The Bertz CT molecular complexity index is 374. The standard InChI is InChI=1S/C13H24N4O/c1-6-7-14-11-10(18-5)12(17-9-16-11)15-8-13(2,3)4/h9H,6-8H2,1-5H3,(H2,14,15,16,17). The van der Waals surface area contributed by atoms with Gasteiger partial charge in [-0.2, -0.15) is 0 Å². The SMILES string of the molecule is CCCNc1ncnc(NCC(C)(C)C)c1OC. The van der Waals surface area contributed by atoms with Crippen molar-refractivity contribution in [3.8, 4) is 5.75 Å². The van der Waals surface area contributed by atoms with Gasteiger partial charge in [-0.3, -0.25) is 0 Å². The number of methoxy groups -OCH3 is 1. The number of ether oxygens (including phenoxy) is 1. The minimum atomic E-state index is 0.187. The van der Waals surface area contributed by atoms with Crippen molar-refractivity contribution in [3.05, 3.63) is 6.33 Å². The summed E-state index contributed by atoms with van der Waals surface area (Å²) in [4.78, 5) is 8.44. The Labute approximate surface area is 109 Å². The summed E-state index contributed by atoms with van der Waals surface area (Å²) in [5, 5.41) is 6.54. The molecule has 0 aliphatic carbocycles. The van der Waals surface area contributed by atoms with Gasteiger partial charge in [0.2, 0.25) is 5.75 Å². The van der Waals surface area contributed by atoms with Crippen LogP contribution in [0.15, 0.2) is 6.33 Å². The molecule has 5 nitrogen and oxygen atoms in total. The Morgan fingerprint density at radius 1 is 1.17 bits per heavy atom. The highest BCUT2D eigenvalue weighted by molar-refractivity contribution is 5.63. The summed E-state index contributed by atoms with van der Waals surface area (Å²) in [5.74, 6) is 2.15. The lowest BCUT2D eigenvalue weighted by Crippen LogP contribution is -2.20. The summed E-state index contributed by atoms with van der Waals surface area (Å²) in [6, 6.07) is 0. The maximum absolute atomic E-state index is 5.39. The van der Waals surface area contributed by atoms with Crippen LogP contribution in [-0.2, 0) is 0 Å². The number of hydrogen-bond donors (Lipinski definition) is 2. The molecule has 1 aromatic heterocycles. The molecule has 0 aliphatic rings. The summed E-state index contributed by atoms with van der Waals surface area (Å²) < 4.78 is 5.39. The second-order valence-electron chi connectivity index (χ2n) is 5.45. The molecule has 0 fully saturated rings. The largest absolute Gasteiger partial charge is 0.490 e. The van der Waals surface area contributed by atoms with Crippen LogP contribution in [-0.4, -0.2) is 30.2 Å². The first kappa shape index (κ1) is 14.5. The molecule has 2 N–H and O–H groups in total. The molecule has 1 rings (SSSR count). The third-order valence-corrected chi connectivity index (χ3v) is 2.34. The quantitative estimate of drug-likeness (QED) is 0.815. The molecular formula is C13H24N4O. The highest BCUT2D eigenvalue weighted by atomic mass is 16.5. The fourth-order valence-corrected chi connectivity index (χ4v) is 1.41. The summed E-state index contributed by atoms with van der Waals surface area (Å²) >= 11 is 0. The molecule has 0 saturated carbocycles. The van der Waals surface area contributed by atoms with Crippen LogP contribution in [0.2, 0.25) is 0 Å². The van der Waals surface area contributed by atoms with E-state index in [0.29, 0.717) is 5.75 Å². The van der Waals surface area contributed by atoms with Crippen molar-refractivity contribution >= 4 is 11.6 Å². The van der Waals surface area contributed by atoms with Crippen molar-refractivity contribution in [1.29, 1.82) is 0 Å². The fourth-order valence-electron chi connectivity index (χ4n) is 1.41. The molecule has 5 heteroatoms. The van der Waals surface area contributed by atoms with Gasteiger partial charge in [0.25, 0.3) is 0 Å². The molecule has 102 valence electrons. The molecule has 1 heterocycles. The van der Waals surface area contributed by atoms with Crippen molar-refractivity contribution in [3.63, 3.8) is 0 Å². The van der Waals surface area contributed by atoms with Crippen molar-refractivity contribution in [2.45, 2.75) is 34.1 Å². The number of rotatable bonds is 6. The first-order valence-electron chi connectivity index (χ1n) is 6.34. The van der Waals surface area contributed by atoms with E-state index >= 15 is 0 Å². The van der Waals surface area contributed by atoms with Gasteiger partial charge in [-0.25, -0.2) is 9.97 Å². The van der Waals surface area contributed by atoms with Crippen molar-refractivity contribution in [2.75, 3.05) is 30.8 Å². The zero-order chi connectivity index (χ0) is 13.6. The molecule has 0 atom stereocenters. The van der Waals surface area contributed by atoms with Crippen LogP contribution in [0.1, 0.15) is 34.1 Å². The highest BCUT2D eigenvalue weighted by Gasteiger charge is 2.15. The number of aromatic nitrogens is 2. The molecule has 0 saturated heterocycles. The number of anilines is 2. The molecule has 0 bridgehead atoms. The van der Waals surface area contributed by atoms with Gasteiger partial charge in [-0.05, 0) is 11.8 Å². The normalized spacial score (nSPS) is 11.2. The fraction of sp³-hybridized carbons (Fsp3) is 0.692. The maximum atomic E-state index is 5.39. The van der Waals surface area contributed by atoms with Crippen LogP contribution in [0.25, 0.3) is 0 Å². The monoisotopic (exact) mass is 252 g/mol. The molecule has 0 unspecified atom stereocenters. The lowest BCUT2D eigenvalue weighted by Gasteiger charge is -2.20. The molecule has 18 heavy (non-hydrogen) atoms. The Hall–Kier alpha value is -1.52. The molecule has 0 amide bonds. The van der Waals surface area contributed by atoms with E-state index in [4.69, 9.17) is 4.74 Å². The van der Waals surface area contributed by atoms with Crippen molar-refractivity contribution in [1.82, 2.24) is 9.97 Å². The number of nitrogens with zero attached hydrogens (tertiary/aromatic N) is 2. The Morgan fingerprint density at radius 2 is 1.78 bits per heavy atom. The van der Waals surface area contributed by atoms with Gasteiger partial charge >= 0.3 is 0 Å². The summed E-state index contributed by atoms with van der Waals surface area (Å²) in [6.45, 7) is 10.3. The Morgan fingerprint density at radius 3 is 2.28 bits per heavy atom. The maximum Gasteiger partial charge on any atom is 0.204 e. The minimum absolute atomic E-state index is 0.187. The van der Waals surface area contributed by atoms with Crippen molar-refractivity contribution < 1.29 is 4.74 Å². The topological polar surface area (TPSA) is 59.1 Å². The molecule has 0 aliphatic heterocycles.